The van der Waals surface area contributed by atoms with E-state index in [-0.39, 0.29) is 64.9 Å². The van der Waals surface area contributed by atoms with Gasteiger partial charge in [-0.3, -0.25) is 0 Å². The zero-order valence-corrected chi connectivity index (χ0v) is 60.9. The Balaban J connectivity index is 0.00000206. The summed E-state index contributed by atoms with van der Waals surface area (Å²) in [7, 11) is 3.27. The van der Waals surface area contributed by atoms with Gasteiger partial charge in [-0.2, -0.15) is 0 Å². The van der Waals surface area contributed by atoms with Crippen molar-refractivity contribution in [3.05, 3.63) is 69.3 Å². The molecule has 3 aliphatic rings. The number of H-pyrrole nitrogens is 2. The monoisotopic (exact) mass is 1550 g/mol. The van der Waals surface area contributed by atoms with Crippen LogP contribution in [0.5, 0.6) is 0 Å². The van der Waals surface area contributed by atoms with Crippen LogP contribution in [0.1, 0.15) is 136 Å². The molecule has 6 N–H and O–H groups in total. The number of carbonyl (C=O) groups excluding carboxylic acids is 2. The van der Waals surface area contributed by atoms with Crippen molar-refractivity contribution >= 4 is 56.3 Å². The molecule has 0 radical (unpaired) electrons. The van der Waals surface area contributed by atoms with E-state index in [4.69, 9.17) is 97.2 Å². The first-order valence-corrected chi connectivity index (χ1v) is 33.9. The number of nitrogens with two attached hydrogens (primary N) is 2. The molecule has 3 aromatic rings. The van der Waals surface area contributed by atoms with Crippen LogP contribution in [0.15, 0.2) is 24.3 Å². The van der Waals surface area contributed by atoms with Crippen molar-refractivity contribution in [1.82, 2.24) is 19.9 Å². The van der Waals surface area contributed by atoms with Gasteiger partial charge in [0, 0.05) is 71.4 Å². The van der Waals surface area contributed by atoms with E-state index >= 15 is 0 Å². The summed E-state index contributed by atoms with van der Waals surface area (Å²) < 4.78 is 90.0. The maximum absolute atomic E-state index is 11.9. The van der Waals surface area contributed by atoms with Gasteiger partial charge in [0.2, 0.25) is 0 Å². The fourth-order valence-corrected chi connectivity index (χ4v) is 10.9. The molecule has 5 heterocycles. The quantitative estimate of drug-likeness (QED) is 0.0491. The molecule has 0 spiro atoms. The Morgan fingerprint density at radius 3 is 0.979 bits per heavy atom. The van der Waals surface area contributed by atoms with Crippen molar-refractivity contribution in [3.63, 3.8) is 0 Å². The second kappa shape index (κ2) is 50.8. The predicted molar refractivity (Wildman–Crippen MR) is 361 cm³/mol. The summed E-state index contributed by atoms with van der Waals surface area (Å²) in [6.45, 7) is 24.5. The van der Waals surface area contributed by atoms with Crippen molar-refractivity contribution in [2.45, 2.75) is 117 Å². The molecule has 0 aromatic carbocycles. The Hall–Kier alpha value is -4.49. The van der Waals surface area contributed by atoms with Crippen molar-refractivity contribution in [1.29, 1.82) is 0 Å². The van der Waals surface area contributed by atoms with Crippen LogP contribution in [-0.2, 0) is 106 Å². The van der Waals surface area contributed by atoms with Crippen LogP contribution in [-0.4, -0.2) is 243 Å². The van der Waals surface area contributed by atoms with E-state index in [2.05, 4.69) is 16.0 Å². The number of nitrogens with one attached hydrogen (secondary N) is 2. The van der Waals surface area contributed by atoms with Crippen molar-refractivity contribution in [2.75, 3.05) is 199 Å². The summed E-state index contributed by atoms with van der Waals surface area (Å²) in [4.78, 5) is 41.3. The van der Waals surface area contributed by atoms with E-state index in [1.54, 1.807) is 14.2 Å². The third-order valence-corrected chi connectivity index (χ3v) is 16.3. The molecule has 26 nitrogen and oxygen atoms in total. The smallest absolute Gasteiger partial charge is 0.550 e. The summed E-state index contributed by atoms with van der Waals surface area (Å²) in [6, 6.07) is 8.38. The first-order chi connectivity index (χ1) is 46.6. The standard InChI is InChI=1S/C64H98N4O20.C6H14N2.Pt/c1-45-51(9-11-61(69)70)57-44-58-52(10-12-62(71)72)46(2)54(66-58)42-59-64(50(6)88-40-38-86-36-34-84-32-30-82-28-26-80-24-22-78-20-18-76-16-14-74-8)48(4)56(68-59)43-60-63(47(3)55(67-60)41-53(45)65-57)49(5)87-39-37-85-35-33-83-31-29-81-27-25-79-23-21-77-19-17-75-15-13-73-7;7-5-3-1-2-4-6(5)8;/h41-44,49-50,67-68H,9-40H2,1-8H3,(H,69,70)(H,71,72);5-6H,1-4,7-8H2;/q;;+2/p-2. The minimum Gasteiger partial charge on any atom is -0.550 e. The fraction of sp³-hybridized carbons (Fsp3) is 0.686. The maximum atomic E-state index is 11.9. The summed E-state index contributed by atoms with van der Waals surface area (Å²) in [5.41, 5.74) is 23.6. The number of fused-ring (bicyclic) bond motifs is 8. The number of nitrogens with zero attached hydrogens (tertiary/aromatic N) is 2. The zero-order valence-electron chi connectivity index (χ0n) is 58.6. The van der Waals surface area contributed by atoms with Gasteiger partial charge in [-0.25, -0.2) is 9.97 Å². The Morgan fingerprint density at radius 1 is 0.423 bits per heavy atom. The van der Waals surface area contributed by atoms with E-state index in [9.17, 15) is 19.8 Å². The van der Waals surface area contributed by atoms with Gasteiger partial charge < -0.3 is 117 Å². The number of carboxylic acids is 2. The molecule has 4 atom stereocenters. The molecule has 0 saturated heterocycles. The number of hydrogen-bond acceptors (Lipinski definition) is 24. The number of carboxylic acid groups (broad SMARTS) is 2. The molecular formula is C70H110N6O20Pt. The molecule has 8 bridgehead atoms. The first kappa shape index (κ1) is 84.9. The SMILES string of the molecule is COCCOCCOCCOCCOCCOCCOCCOC(C)c1c(C)c2cc3[nH]c(cc4nc(cc5nc(cc1[nH]2)C(C)=C5CCC(=O)[O-])C(CCC(=O)[O-])=C4C)c(C)c3C(C)OCCOCCOCCOCCOCCOCCOCCOC.NC1CCCCC1N.[Pt+2]. The van der Waals surface area contributed by atoms with Crippen molar-refractivity contribution in [3.8, 4) is 0 Å². The Labute approximate surface area is 587 Å². The average Bonchev–Trinajstić information content (AvgIpc) is 1.62. The van der Waals surface area contributed by atoms with Crippen molar-refractivity contribution < 1.29 is 117 Å². The van der Waals surface area contributed by atoms with Crippen LogP contribution in [0.25, 0.3) is 44.4 Å². The number of aromatic amines is 2. The normalized spacial score (nSPS) is 15.4. The predicted octanol–water partition coefficient (Wildman–Crippen LogP) is 5.71. The Kier molecular flexibility index (Phi) is 44.5. The Morgan fingerprint density at radius 2 is 0.691 bits per heavy atom. The van der Waals surface area contributed by atoms with Gasteiger partial charge >= 0.3 is 21.1 Å². The molecule has 0 amide bonds. The second-order valence-electron chi connectivity index (χ2n) is 23.2. The maximum Gasteiger partial charge on any atom is 2.00 e. The number of hydrogen-bond donors (Lipinski definition) is 4. The molecule has 3 aromatic heterocycles. The number of carbonyl (C=O) groups is 2. The summed E-state index contributed by atoms with van der Waals surface area (Å²) >= 11 is 0. The second-order valence-corrected chi connectivity index (χ2v) is 23.2. The molecule has 1 saturated carbocycles. The van der Waals surface area contributed by atoms with Gasteiger partial charge in [0.15, 0.2) is 0 Å². The molecule has 1 fully saturated rings. The van der Waals surface area contributed by atoms with Gasteiger partial charge in [0.25, 0.3) is 0 Å². The van der Waals surface area contributed by atoms with Crippen LogP contribution in [0, 0.1) is 13.8 Å². The van der Waals surface area contributed by atoms with Gasteiger partial charge in [0.1, 0.15) is 0 Å². The molecule has 6 rings (SSSR count). The van der Waals surface area contributed by atoms with E-state index < -0.39 is 18.0 Å². The van der Waals surface area contributed by atoms with Crippen LogP contribution < -0.4 is 21.7 Å². The molecular weight excluding hydrogens is 1440 g/mol. The zero-order chi connectivity index (χ0) is 69.1. The molecule has 550 valence electrons. The van der Waals surface area contributed by atoms with Crippen molar-refractivity contribution in [2.24, 2.45) is 11.5 Å². The fourth-order valence-electron chi connectivity index (χ4n) is 10.9. The van der Waals surface area contributed by atoms with E-state index in [1.807, 2.05) is 59.7 Å². The molecule has 27 heteroatoms. The average molecular weight is 1550 g/mol. The molecule has 1 aliphatic carbocycles. The van der Waals surface area contributed by atoms with E-state index in [0.717, 1.165) is 79.5 Å². The number of aryl methyl sites for hydroxylation is 2. The van der Waals surface area contributed by atoms with Crippen LogP contribution in [0.3, 0.4) is 0 Å². The third kappa shape index (κ3) is 32.4. The van der Waals surface area contributed by atoms with Gasteiger partial charge in [-0.1, -0.05) is 12.8 Å². The van der Waals surface area contributed by atoms with Gasteiger partial charge in [-0.05, 0) is 138 Å². The summed E-state index contributed by atoms with van der Waals surface area (Å²) in [5, 5.41) is 23.7. The summed E-state index contributed by atoms with van der Waals surface area (Å²) in [6.07, 6.45) is 3.89. The number of rotatable bonds is 52. The van der Waals surface area contributed by atoms with Gasteiger partial charge in [0.05, 0.1) is 220 Å². The van der Waals surface area contributed by atoms with Gasteiger partial charge in [-0.15, -0.1) is 0 Å². The molecule has 2 aliphatic heterocycles. The first-order valence-electron chi connectivity index (χ1n) is 33.9. The molecule has 97 heavy (non-hydrogen) atoms. The topological polar surface area (TPSA) is 337 Å². The third-order valence-electron chi connectivity index (χ3n) is 16.3. The van der Waals surface area contributed by atoms with Crippen LogP contribution in [0.2, 0.25) is 0 Å². The minimum absolute atomic E-state index is 0. The van der Waals surface area contributed by atoms with E-state index in [1.165, 1.54) is 12.8 Å². The number of aromatic nitrogens is 4. The largest absolute Gasteiger partial charge is 2.00 e. The van der Waals surface area contributed by atoms with Crippen LogP contribution >= 0.6 is 0 Å². The number of methoxy groups -OCH3 is 2. The van der Waals surface area contributed by atoms with E-state index in [0.29, 0.717) is 208 Å². The minimum atomic E-state index is -1.19. The Bertz CT molecular complexity index is 2930. The summed E-state index contributed by atoms with van der Waals surface area (Å²) in [5.74, 6) is -2.37. The number of allylic oxidation sites excluding steroid dienone is 4. The number of ether oxygens (including phenoxy) is 16. The van der Waals surface area contributed by atoms with Crippen LogP contribution in [0.4, 0.5) is 0 Å². The molecule has 4 unspecified atom stereocenters. The number of aliphatic carboxylic acids is 2.